The average molecular weight is 1020 g/mol. The molecule has 1 aliphatic rings. The molecule has 80 heavy (non-hydrogen) atoms. The standard InChI is InChI=1S/C77H54N2O/c1-77(2)70-49-67(78(63-37-29-55(30-38-63)51-15-5-3-6-16-51)64-39-33-57(34-40-64)61-27-25-53-19-9-11-21-59(53)47-61)45-46-68(70)74-71(77)50-72(75-69-23-13-14-24-73(69)80-76(74)75)79(65-41-31-56(32-42-65)52-17-7-4-8-18-52)66-43-35-58(36-44-66)62-28-26-54-20-10-12-22-60(54)48-62/h3-50H,1-2H3. The molecule has 0 saturated heterocycles. The van der Waals surface area contributed by atoms with E-state index in [2.05, 4.69) is 315 Å². The summed E-state index contributed by atoms with van der Waals surface area (Å²) < 4.78 is 7.20. The van der Waals surface area contributed by atoms with E-state index in [0.717, 1.165) is 61.6 Å². The molecule has 0 N–H and O–H groups in total. The molecule has 0 bridgehead atoms. The number of benzene rings is 13. The highest BCUT2D eigenvalue weighted by Crippen LogP contribution is 2.57. The summed E-state index contributed by atoms with van der Waals surface area (Å²) in [5, 5.41) is 7.12. The van der Waals surface area contributed by atoms with Gasteiger partial charge in [0.15, 0.2) is 0 Å². The van der Waals surface area contributed by atoms with Crippen LogP contribution in [0, 0.1) is 0 Å². The lowest BCUT2D eigenvalue weighted by Crippen LogP contribution is -2.18. The molecule has 0 atom stereocenters. The fraction of sp³-hybridized carbons (Fsp3) is 0.0390. The molecular weight excluding hydrogens is 969 g/mol. The van der Waals surface area contributed by atoms with Crippen molar-refractivity contribution < 1.29 is 4.42 Å². The second-order valence-corrected chi connectivity index (χ2v) is 21.7. The lowest BCUT2D eigenvalue weighted by atomic mass is 9.81. The van der Waals surface area contributed by atoms with Crippen molar-refractivity contribution in [3.05, 3.63) is 302 Å². The summed E-state index contributed by atoms with van der Waals surface area (Å²) in [6, 6.07) is 106. The molecule has 1 aliphatic carbocycles. The summed E-state index contributed by atoms with van der Waals surface area (Å²) in [6.45, 7) is 4.77. The van der Waals surface area contributed by atoms with Crippen LogP contribution in [0.15, 0.2) is 296 Å². The number of para-hydroxylation sites is 1. The van der Waals surface area contributed by atoms with E-state index in [1.165, 1.54) is 82.7 Å². The van der Waals surface area contributed by atoms with Crippen LogP contribution in [-0.2, 0) is 5.41 Å². The van der Waals surface area contributed by atoms with Gasteiger partial charge in [0.05, 0.1) is 11.1 Å². The third kappa shape index (κ3) is 8.05. The van der Waals surface area contributed by atoms with Crippen molar-refractivity contribution >= 4 is 77.6 Å². The Morgan fingerprint density at radius 3 is 1.21 bits per heavy atom. The number of fused-ring (bicyclic) bond motifs is 9. The van der Waals surface area contributed by atoms with E-state index >= 15 is 0 Å². The Morgan fingerprint density at radius 2 is 0.700 bits per heavy atom. The number of furan rings is 1. The maximum atomic E-state index is 7.20. The van der Waals surface area contributed by atoms with E-state index in [9.17, 15) is 0 Å². The fourth-order valence-corrected chi connectivity index (χ4v) is 12.5. The molecule has 3 heteroatoms. The molecule has 1 heterocycles. The zero-order chi connectivity index (χ0) is 53.3. The molecule has 0 saturated carbocycles. The van der Waals surface area contributed by atoms with Crippen molar-refractivity contribution in [2.45, 2.75) is 19.3 Å². The lowest BCUT2D eigenvalue weighted by molar-refractivity contribution is 0.653. The minimum atomic E-state index is -0.422. The molecule has 13 aromatic carbocycles. The summed E-state index contributed by atoms with van der Waals surface area (Å²) in [4.78, 5) is 4.85. The molecule has 0 fully saturated rings. The second-order valence-electron chi connectivity index (χ2n) is 21.7. The van der Waals surface area contributed by atoms with Crippen LogP contribution in [0.5, 0.6) is 0 Å². The van der Waals surface area contributed by atoms with Gasteiger partial charge in [0.1, 0.15) is 11.2 Å². The van der Waals surface area contributed by atoms with Crippen LogP contribution in [0.25, 0.3) is 99.1 Å². The van der Waals surface area contributed by atoms with Gasteiger partial charge in [0, 0.05) is 44.8 Å². The van der Waals surface area contributed by atoms with Crippen molar-refractivity contribution in [1.82, 2.24) is 0 Å². The van der Waals surface area contributed by atoms with Crippen LogP contribution >= 0.6 is 0 Å². The second kappa shape index (κ2) is 19.1. The highest BCUT2D eigenvalue weighted by molar-refractivity contribution is 6.19. The molecule has 3 nitrogen and oxygen atoms in total. The molecular formula is C77H54N2O. The summed E-state index contributed by atoms with van der Waals surface area (Å²) in [7, 11) is 0. The van der Waals surface area contributed by atoms with Crippen molar-refractivity contribution in [3.8, 4) is 55.6 Å². The molecule has 0 unspecified atom stereocenters. The monoisotopic (exact) mass is 1020 g/mol. The van der Waals surface area contributed by atoms with Gasteiger partial charge >= 0.3 is 0 Å². The van der Waals surface area contributed by atoms with Crippen LogP contribution < -0.4 is 9.80 Å². The summed E-state index contributed by atoms with van der Waals surface area (Å²) in [6.07, 6.45) is 0. The Labute approximate surface area is 466 Å². The maximum Gasteiger partial charge on any atom is 0.145 e. The SMILES string of the molecule is CC1(C)c2cc(N(c3ccc(-c4ccccc4)cc3)c3ccc(-c4ccc5ccccc5c4)cc3)ccc2-c2c1cc(N(c1ccc(-c3ccccc3)cc1)c1ccc(-c3ccc4ccccc4c3)cc1)c1c2oc2ccccc21. The van der Waals surface area contributed by atoms with Crippen LogP contribution in [0.3, 0.4) is 0 Å². The highest BCUT2D eigenvalue weighted by atomic mass is 16.3. The van der Waals surface area contributed by atoms with E-state index in [0.29, 0.717) is 0 Å². The van der Waals surface area contributed by atoms with Gasteiger partial charge in [-0.15, -0.1) is 0 Å². The minimum Gasteiger partial charge on any atom is -0.455 e. The van der Waals surface area contributed by atoms with E-state index in [1.54, 1.807) is 0 Å². The molecule has 0 amide bonds. The predicted octanol–water partition coefficient (Wildman–Crippen LogP) is 21.8. The smallest absolute Gasteiger partial charge is 0.145 e. The van der Waals surface area contributed by atoms with Crippen molar-refractivity contribution in [2.75, 3.05) is 9.80 Å². The lowest BCUT2D eigenvalue weighted by Gasteiger charge is -2.30. The third-order valence-corrected chi connectivity index (χ3v) is 16.6. The summed E-state index contributed by atoms with van der Waals surface area (Å²) in [5.74, 6) is 0. The van der Waals surface area contributed by atoms with E-state index in [4.69, 9.17) is 4.42 Å². The Hall–Kier alpha value is -10.2. The maximum absolute atomic E-state index is 7.20. The number of nitrogens with zero attached hydrogens (tertiary/aromatic N) is 2. The molecule has 0 spiro atoms. The molecule has 14 aromatic rings. The van der Waals surface area contributed by atoms with Crippen LogP contribution in [0.1, 0.15) is 25.0 Å². The number of anilines is 6. The zero-order valence-corrected chi connectivity index (χ0v) is 44.5. The molecule has 378 valence electrons. The normalized spacial score (nSPS) is 12.5. The Kier molecular flexibility index (Phi) is 11.2. The van der Waals surface area contributed by atoms with Crippen LogP contribution in [0.2, 0.25) is 0 Å². The van der Waals surface area contributed by atoms with Gasteiger partial charge in [-0.3, -0.25) is 0 Å². The van der Waals surface area contributed by atoms with E-state index in [-0.39, 0.29) is 0 Å². The Balaban J connectivity index is 0.881. The van der Waals surface area contributed by atoms with Crippen LogP contribution in [-0.4, -0.2) is 0 Å². The number of hydrogen-bond donors (Lipinski definition) is 0. The highest BCUT2D eigenvalue weighted by Gasteiger charge is 2.40. The topological polar surface area (TPSA) is 19.6 Å². The van der Waals surface area contributed by atoms with E-state index in [1.807, 2.05) is 0 Å². The third-order valence-electron chi connectivity index (χ3n) is 16.6. The number of hydrogen-bond acceptors (Lipinski definition) is 3. The van der Waals surface area contributed by atoms with Gasteiger partial charge in [-0.1, -0.05) is 220 Å². The van der Waals surface area contributed by atoms with Gasteiger partial charge in [-0.05, 0) is 168 Å². The van der Waals surface area contributed by atoms with Crippen molar-refractivity contribution in [2.24, 2.45) is 0 Å². The minimum absolute atomic E-state index is 0.422. The average Bonchev–Trinajstić information content (AvgIpc) is 3.72. The molecule has 0 aliphatic heterocycles. The zero-order valence-electron chi connectivity index (χ0n) is 44.5. The van der Waals surface area contributed by atoms with Crippen LogP contribution in [0.4, 0.5) is 34.1 Å². The quantitative estimate of drug-likeness (QED) is 0.136. The van der Waals surface area contributed by atoms with Gasteiger partial charge in [-0.2, -0.15) is 0 Å². The van der Waals surface area contributed by atoms with Gasteiger partial charge < -0.3 is 14.2 Å². The number of rotatable bonds is 10. The van der Waals surface area contributed by atoms with E-state index < -0.39 is 5.41 Å². The Bertz CT molecular complexity index is 4640. The van der Waals surface area contributed by atoms with Gasteiger partial charge in [0.25, 0.3) is 0 Å². The van der Waals surface area contributed by atoms with Gasteiger partial charge in [-0.25, -0.2) is 0 Å². The predicted molar refractivity (Wildman–Crippen MR) is 337 cm³/mol. The van der Waals surface area contributed by atoms with Crippen molar-refractivity contribution in [3.63, 3.8) is 0 Å². The first-order valence-corrected chi connectivity index (χ1v) is 27.6. The summed E-state index contributed by atoms with van der Waals surface area (Å²) >= 11 is 0. The summed E-state index contributed by atoms with van der Waals surface area (Å²) in [5.41, 5.74) is 22.1. The Morgan fingerprint density at radius 1 is 0.300 bits per heavy atom. The van der Waals surface area contributed by atoms with Crippen molar-refractivity contribution in [1.29, 1.82) is 0 Å². The fourth-order valence-electron chi connectivity index (χ4n) is 12.5. The molecule has 0 radical (unpaired) electrons. The first kappa shape index (κ1) is 47.0. The largest absolute Gasteiger partial charge is 0.455 e. The molecule has 15 rings (SSSR count). The first-order chi connectivity index (χ1) is 39.4. The molecule has 1 aromatic heterocycles. The first-order valence-electron chi connectivity index (χ1n) is 27.6. The van der Waals surface area contributed by atoms with Gasteiger partial charge in [0.2, 0.25) is 0 Å².